The normalized spacial score (nSPS) is 15.8. The van der Waals surface area contributed by atoms with Crippen molar-refractivity contribution in [2.45, 2.75) is 26.4 Å². The van der Waals surface area contributed by atoms with Crippen LogP contribution in [0.15, 0.2) is 12.1 Å². The van der Waals surface area contributed by atoms with Crippen LogP contribution in [0.2, 0.25) is 0 Å². The lowest BCUT2D eigenvalue weighted by molar-refractivity contribution is -0.146. The summed E-state index contributed by atoms with van der Waals surface area (Å²) >= 11 is 1.37. The van der Waals surface area contributed by atoms with Crippen LogP contribution in [0.25, 0.3) is 5.65 Å². The Balaban J connectivity index is 1.54. The molecule has 1 saturated heterocycles. The molecule has 29 heavy (non-hydrogen) atoms. The molecule has 3 aromatic rings. The molecule has 3 aromatic heterocycles. The summed E-state index contributed by atoms with van der Waals surface area (Å²) < 4.78 is 40.0. The zero-order chi connectivity index (χ0) is 20.8. The van der Waals surface area contributed by atoms with Crippen molar-refractivity contribution >= 4 is 28.7 Å². The summed E-state index contributed by atoms with van der Waals surface area (Å²) in [6, 6.07) is 3.08. The number of nitrogens with zero attached hydrogens (tertiary/aromatic N) is 7. The molecule has 12 heteroatoms. The number of fused-ring (bicyclic) bond motifs is 1. The van der Waals surface area contributed by atoms with Crippen molar-refractivity contribution in [3.05, 3.63) is 33.5 Å². The minimum Gasteiger partial charge on any atom is -0.353 e. The van der Waals surface area contributed by atoms with E-state index in [0.717, 1.165) is 10.7 Å². The Bertz CT molecular complexity index is 1060. The average Bonchev–Trinajstić information content (AvgIpc) is 3.14. The van der Waals surface area contributed by atoms with Gasteiger partial charge in [-0.2, -0.15) is 17.7 Å². The molecule has 0 aromatic carbocycles. The number of carbonyl (C=O) groups excluding carboxylic acids is 1. The summed E-state index contributed by atoms with van der Waals surface area (Å²) in [5.74, 6) is -0.824. The van der Waals surface area contributed by atoms with Crippen LogP contribution < -0.4 is 4.90 Å². The molecule has 154 valence electrons. The highest BCUT2D eigenvalue weighted by Crippen LogP contribution is 2.28. The molecular formula is C17H18F3N7OS. The fraction of sp³-hybridized carbons (Fsp3) is 0.471. The van der Waals surface area contributed by atoms with E-state index in [0.29, 0.717) is 47.8 Å². The highest BCUT2D eigenvalue weighted by molar-refractivity contribution is 7.13. The Labute approximate surface area is 168 Å². The quantitative estimate of drug-likeness (QED) is 0.628. The van der Waals surface area contributed by atoms with Crippen molar-refractivity contribution in [1.29, 1.82) is 0 Å². The molecule has 0 spiro atoms. The van der Waals surface area contributed by atoms with E-state index < -0.39 is 12.0 Å². The van der Waals surface area contributed by atoms with E-state index in [1.165, 1.54) is 17.4 Å². The number of aryl methyl sites for hydroxylation is 2. The third kappa shape index (κ3) is 3.76. The standard InChI is InChI=1S/C17H18F3N7OS/c1-10-14(29-11(2)21-10)15(28)26-7-3-6-25(8-9-26)13-5-4-12-22-23-16(17(18,19)20)27(12)24-13/h4-5H,3,6-9H2,1-2H3. The molecule has 0 unspecified atom stereocenters. The number of amides is 1. The van der Waals surface area contributed by atoms with E-state index in [4.69, 9.17) is 0 Å². The van der Waals surface area contributed by atoms with Gasteiger partial charge in [-0.3, -0.25) is 4.79 Å². The molecule has 0 saturated carbocycles. The molecule has 0 aliphatic carbocycles. The largest absolute Gasteiger partial charge is 0.453 e. The van der Waals surface area contributed by atoms with Crippen LogP contribution >= 0.6 is 11.3 Å². The van der Waals surface area contributed by atoms with Crippen LogP contribution in [-0.2, 0) is 6.18 Å². The van der Waals surface area contributed by atoms with Crippen molar-refractivity contribution < 1.29 is 18.0 Å². The van der Waals surface area contributed by atoms with Gasteiger partial charge in [0.05, 0.1) is 10.7 Å². The molecular weight excluding hydrogens is 407 g/mol. The smallest absolute Gasteiger partial charge is 0.353 e. The predicted molar refractivity (Wildman–Crippen MR) is 100 cm³/mol. The van der Waals surface area contributed by atoms with Gasteiger partial charge in [-0.05, 0) is 32.4 Å². The Morgan fingerprint density at radius 3 is 2.59 bits per heavy atom. The lowest BCUT2D eigenvalue weighted by atomic mass is 10.3. The van der Waals surface area contributed by atoms with Gasteiger partial charge < -0.3 is 9.80 Å². The maximum atomic E-state index is 13.1. The lowest BCUT2D eigenvalue weighted by Gasteiger charge is -2.22. The summed E-state index contributed by atoms with van der Waals surface area (Å²) in [5, 5.41) is 11.7. The van der Waals surface area contributed by atoms with Gasteiger partial charge in [0.2, 0.25) is 0 Å². The number of aromatic nitrogens is 5. The molecule has 1 amide bonds. The summed E-state index contributed by atoms with van der Waals surface area (Å²) in [6.45, 7) is 5.73. The molecule has 0 N–H and O–H groups in total. The molecule has 0 atom stereocenters. The van der Waals surface area contributed by atoms with Crippen molar-refractivity contribution in [2.24, 2.45) is 0 Å². The van der Waals surface area contributed by atoms with E-state index >= 15 is 0 Å². The first-order chi connectivity index (χ1) is 13.7. The Morgan fingerprint density at radius 2 is 1.90 bits per heavy atom. The number of hydrogen-bond acceptors (Lipinski definition) is 7. The monoisotopic (exact) mass is 425 g/mol. The number of hydrogen-bond donors (Lipinski definition) is 0. The molecule has 8 nitrogen and oxygen atoms in total. The first-order valence-electron chi connectivity index (χ1n) is 9.02. The van der Waals surface area contributed by atoms with Gasteiger partial charge in [0, 0.05) is 26.2 Å². The molecule has 1 fully saturated rings. The summed E-state index contributed by atoms with van der Waals surface area (Å²) in [4.78, 5) is 21.4. The van der Waals surface area contributed by atoms with Crippen LogP contribution in [0, 0.1) is 13.8 Å². The topological polar surface area (TPSA) is 79.5 Å². The number of carbonyl (C=O) groups is 1. The van der Waals surface area contributed by atoms with Crippen LogP contribution in [0.4, 0.5) is 19.0 Å². The van der Waals surface area contributed by atoms with Crippen molar-refractivity contribution in [3.63, 3.8) is 0 Å². The zero-order valence-corrected chi connectivity index (χ0v) is 16.6. The van der Waals surface area contributed by atoms with E-state index in [9.17, 15) is 18.0 Å². The van der Waals surface area contributed by atoms with Crippen LogP contribution in [0.5, 0.6) is 0 Å². The van der Waals surface area contributed by atoms with Gasteiger partial charge in [0.25, 0.3) is 11.7 Å². The summed E-state index contributed by atoms with van der Waals surface area (Å²) in [6.07, 6.45) is -3.96. The Hall–Kier alpha value is -2.76. The minimum atomic E-state index is -4.64. The summed E-state index contributed by atoms with van der Waals surface area (Å²) in [7, 11) is 0. The first kappa shape index (κ1) is 19.6. The minimum absolute atomic E-state index is 0.0312. The summed E-state index contributed by atoms with van der Waals surface area (Å²) in [5.41, 5.74) is 0.752. The molecule has 1 aliphatic rings. The first-order valence-corrected chi connectivity index (χ1v) is 9.83. The van der Waals surface area contributed by atoms with Gasteiger partial charge >= 0.3 is 6.18 Å². The van der Waals surface area contributed by atoms with Gasteiger partial charge in [0.15, 0.2) is 5.65 Å². The van der Waals surface area contributed by atoms with Crippen molar-refractivity contribution in [2.75, 3.05) is 31.1 Å². The lowest BCUT2D eigenvalue weighted by Crippen LogP contribution is -2.35. The molecule has 0 bridgehead atoms. The van der Waals surface area contributed by atoms with E-state index in [1.807, 2.05) is 18.7 Å². The number of alkyl halides is 3. The third-order valence-corrected chi connectivity index (χ3v) is 5.77. The van der Waals surface area contributed by atoms with Crippen molar-refractivity contribution in [3.8, 4) is 0 Å². The van der Waals surface area contributed by atoms with Crippen LogP contribution in [0.3, 0.4) is 0 Å². The Morgan fingerprint density at radius 1 is 1.10 bits per heavy atom. The maximum Gasteiger partial charge on any atom is 0.453 e. The molecule has 4 heterocycles. The predicted octanol–water partition coefficient (Wildman–Crippen LogP) is 2.57. The van der Waals surface area contributed by atoms with E-state index in [-0.39, 0.29) is 11.6 Å². The van der Waals surface area contributed by atoms with Gasteiger partial charge in [-0.15, -0.1) is 26.6 Å². The molecule has 1 aliphatic heterocycles. The number of halogens is 3. The fourth-order valence-electron chi connectivity index (χ4n) is 3.35. The van der Waals surface area contributed by atoms with Crippen LogP contribution in [0.1, 0.15) is 32.6 Å². The van der Waals surface area contributed by atoms with E-state index in [1.54, 1.807) is 11.0 Å². The number of anilines is 1. The van der Waals surface area contributed by atoms with Crippen molar-refractivity contribution in [1.82, 2.24) is 29.7 Å². The second-order valence-corrected chi connectivity index (χ2v) is 7.97. The molecule has 4 rings (SSSR count). The third-order valence-electron chi connectivity index (χ3n) is 4.71. The second kappa shape index (κ2) is 7.25. The number of rotatable bonds is 2. The fourth-order valence-corrected chi connectivity index (χ4v) is 4.24. The van der Waals surface area contributed by atoms with E-state index in [2.05, 4.69) is 20.3 Å². The maximum absolute atomic E-state index is 13.1. The SMILES string of the molecule is Cc1nc(C)c(C(=O)N2CCCN(c3ccc4nnc(C(F)(F)F)n4n3)CC2)s1. The number of thiazole rings is 1. The van der Waals surface area contributed by atoms with Gasteiger partial charge in [-0.1, -0.05) is 0 Å². The van der Waals surface area contributed by atoms with Gasteiger partial charge in [0.1, 0.15) is 10.7 Å². The van der Waals surface area contributed by atoms with Gasteiger partial charge in [-0.25, -0.2) is 4.98 Å². The highest BCUT2D eigenvalue weighted by atomic mass is 32.1. The second-order valence-electron chi connectivity index (χ2n) is 6.76. The Kier molecular flexibility index (Phi) is 4.89. The highest BCUT2D eigenvalue weighted by Gasteiger charge is 2.38. The average molecular weight is 425 g/mol. The van der Waals surface area contributed by atoms with Crippen LogP contribution in [-0.4, -0.2) is 61.8 Å². The molecule has 0 radical (unpaired) electrons. The zero-order valence-electron chi connectivity index (χ0n) is 15.8.